The first-order valence-electron chi connectivity index (χ1n) is 6.23. The molecule has 1 aromatic rings. The molecule has 3 nitrogen and oxygen atoms in total. The average molecular weight is 255 g/mol. The Morgan fingerprint density at radius 1 is 1.29 bits per heavy atom. The third-order valence-corrected chi connectivity index (χ3v) is 3.52. The second-order valence-corrected chi connectivity index (χ2v) is 5.10. The van der Waals surface area contributed by atoms with Crippen LogP contribution in [-0.4, -0.2) is 24.2 Å². The minimum atomic E-state index is 0.139. The Bertz CT molecular complexity index is 298. The maximum absolute atomic E-state index is 11.5. The van der Waals surface area contributed by atoms with Crippen molar-refractivity contribution < 1.29 is 9.90 Å². The molecule has 0 atom stereocenters. The lowest BCUT2D eigenvalue weighted by atomic mass is 10.2. The van der Waals surface area contributed by atoms with Crippen molar-refractivity contribution in [3.8, 4) is 0 Å². The highest BCUT2D eigenvalue weighted by atomic mass is 32.1. The smallest absolute Gasteiger partial charge is 0.220 e. The molecule has 1 aromatic heterocycles. The number of thiophene rings is 1. The molecule has 0 fully saturated rings. The molecule has 17 heavy (non-hydrogen) atoms. The highest BCUT2D eigenvalue weighted by molar-refractivity contribution is 7.09. The minimum Gasteiger partial charge on any atom is -0.396 e. The first-order chi connectivity index (χ1) is 8.33. The molecule has 0 radical (unpaired) electrons. The standard InChI is InChI=1S/C13H21NO2S/c15-10-4-2-1-3-9-14-13(16)8-7-12-6-5-11-17-12/h5-6,11,15H,1-4,7-10H2,(H,14,16). The second kappa shape index (κ2) is 9.19. The van der Waals surface area contributed by atoms with Crippen LogP contribution in [0.5, 0.6) is 0 Å². The van der Waals surface area contributed by atoms with Crippen LogP contribution >= 0.6 is 11.3 Å². The van der Waals surface area contributed by atoms with Gasteiger partial charge in [-0.15, -0.1) is 11.3 Å². The summed E-state index contributed by atoms with van der Waals surface area (Å²) in [6.45, 7) is 1.03. The molecule has 4 heteroatoms. The van der Waals surface area contributed by atoms with Crippen molar-refractivity contribution in [2.75, 3.05) is 13.2 Å². The van der Waals surface area contributed by atoms with Crippen LogP contribution in [0.1, 0.15) is 37.0 Å². The minimum absolute atomic E-state index is 0.139. The van der Waals surface area contributed by atoms with E-state index in [2.05, 4.69) is 11.4 Å². The van der Waals surface area contributed by atoms with Crippen LogP contribution in [0.15, 0.2) is 17.5 Å². The number of hydrogen-bond donors (Lipinski definition) is 2. The lowest BCUT2D eigenvalue weighted by Crippen LogP contribution is -2.24. The fourth-order valence-corrected chi connectivity index (χ4v) is 2.31. The van der Waals surface area contributed by atoms with E-state index < -0.39 is 0 Å². The van der Waals surface area contributed by atoms with Gasteiger partial charge in [0.2, 0.25) is 5.91 Å². The van der Waals surface area contributed by atoms with E-state index in [9.17, 15) is 4.79 Å². The summed E-state index contributed by atoms with van der Waals surface area (Å²) >= 11 is 1.70. The topological polar surface area (TPSA) is 49.3 Å². The number of nitrogens with one attached hydrogen (secondary N) is 1. The molecule has 0 saturated carbocycles. The zero-order chi connectivity index (χ0) is 12.3. The summed E-state index contributed by atoms with van der Waals surface area (Å²) in [5.74, 6) is 0.139. The number of amides is 1. The summed E-state index contributed by atoms with van der Waals surface area (Å²) in [5.41, 5.74) is 0. The van der Waals surface area contributed by atoms with E-state index >= 15 is 0 Å². The first kappa shape index (κ1) is 14.2. The summed E-state index contributed by atoms with van der Waals surface area (Å²) in [6.07, 6.45) is 5.41. The summed E-state index contributed by atoms with van der Waals surface area (Å²) in [4.78, 5) is 12.7. The highest BCUT2D eigenvalue weighted by Gasteiger charge is 2.01. The van der Waals surface area contributed by atoms with E-state index in [-0.39, 0.29) is 12.5 Å². The molecule has 0 aliphatic rings. The van der Waals surface area contributed by atoms with Gasteiger partial charge in [-0.2, -0.15) is 0 Å². The average Bonchev–Trinajstić information content (AvgIpc) is 2.84. The van der Waals surface area contributed by atoms with Gasteiger partial charge in [0, 0.05) is 24.4 Å². The fourth-order valence-electron chi connectivity index (χ4n) is 1.60. The van der Waals surface area contributed by atoms with Crippen molar-refractivity contribution in [1.82, 2.24) is 5.32 Å². The molecule has 1 amide bonds. The van der Waals surface area contributed by atoms with E-state index in [1.807, 2.05) is 11.4 Å². The Balaban J connectivity index is 1.94. The molecule has 0 saturated heterocycles. The van der Waals surface area contributed by atoms with E-state index in [0.717, 1.165) is 38.6 Å². The number of hydrogen-bond acceptors (Lipinski definition) is 3. The maximum Gasteiger partial charge on any atom is 0.220 e. The zero-order valence-corrected chi connectivity index (χ0v) is 11.0. The number of aryl methyl sites for hydroxylation is 1. The Labute approximate surface area is 107 Å². The van der Waals surface area contributed by atoms with Gasteiger partial charge in [-0.25, -0.2) is 0 Å². The van der Waals surface area contributed by atoms with Crippen molar-refractivity contribution in [3.63, 3.8) is 0 Å². The number of carbonyl (C=O) groups is 1. The molecular formula is C13H21NO2S. The summed E-state index contributed by atoms with van der Waals surface area (Å²) in [5, 5.41) is 13.6. The molecule has 96 valence electrons. The van der Waals surface area contributed by atoms with E-state index in [1.165, 1.54) is 4.88 Å². The molecule has 0 aliphatic carbocycles. The zero-order valence-electron chi connectivity index (χ0n) is 10.2. The summed E-state index contributed by atoms with van der Waals surface area (Å²) in [7, 11) is 0. The van der Waals surface area contributed by atoms with Gasteiger partial charge in [0.25, 0.3) is 0 Å². The molecule has 2 N–H and O–H groups in total. The molecular weight excluding hydrogens is 234 g/mol. The van der Waals surface area contributed by atoms with Gasteiger partial charge in [-0.3, -0.25) is 4.79 Å². The number of rotatable bonds is 9. The van der Waals surface area contributed by atoms with Crippen LogP contribution in [0.3, 0.4) is 0 Å². The lowest BCUT2D eigenvalue weighted by Gasteiger charge is -2.04. The number of unbranched alkanes of at least 4 members (excludes halogenated alkanes) is 3. The monoisotopic (exact) mass is 255 g/mol. The van der Waals surface area contributed by atoms with Gasteiger partial charge in [0.05, 0.1) is 0 Å². The number of carbonyl (C=O) groups excluding carboxylic acids is 1. The lowest BCUT2D eigenvalue weighted by molar-refractivity contribution is -0.121. The third-order valence-electron chi connectivity index (χ3n) is 2.59. The molecule has 0 spiro atoms. The van der Waals surface area contributed by atoms with Crippen molar-refractivity contribution in [3.05, 3.63) is 22.4 Å². The van der Waals surface area contributed by atoms with Crippen LogP contribution in [0.4, 0.5) is 0 Å². The van der Waals surface area contributed by atoms with Crippen LogP contribution in [0, 0.1) is 0 Å². The van der Waals surface area contributed by atoms with Gasteiger partial charge in [0.15, 0.2) is 0 Å². The number of aliphatic hydroxyl groups is 1. The predicted octanol–water partition coefficient (Wildman–Crippen LogP) is 2.35. The Hall–Kier alpha value is -0.870. The Morgan fingerprint density at radius 3 is 2.82 bits per heavy atom. The van der Waals surface area contributed by atoms with Crippen LogP contribution in [-0.2, 0) is 11.2 Å². The first-order valence-corrected chi connectivity index (χ1v) is 7.11. The Kier molecular flexibility index (Phi) is 7.67. The predicted molar refractivity (Wildman–Crippen MR) is 71.2 cm³/mol. The van der Waals surface area contributed by atoms with Gasteiger partial charge in [0.1, 0.15) is 0 Å². The highest BCUT2D eigenvalue weighted by Crippen LogP contribution is 2.10. The van der Waals surface area contributed by atoms with Gasteiger partial charge in [-0.1, -0.05) is 18.9 Å². The van der Waals surface area contributed by atoms with Crippen molar-refractivity contribution in [2.24, 2.45) is 0 Å². The van der Waals surface area contributed by atoms with Gasteiger partial charge in [-0.05, 0) is 30.7 Å². The Morgan fingerprint density at radius 2 is 2.12 bits per heavy atom. The van der Waals surface area contributed by atoms with E-state index in [0.29, 0.717) is 6.42 Å². The summed E-state index contributed by atoms with van der Waals surface area (Å²) in [6, 6.07) is 4.08. The largest absolute Gasteiger partial charge is 0.396 e. The molecule has 0 bridgehead atoms. The normalized spacial score (nSPS) is 10.4. The molecule has 1 rings (SSSR count). The van der Waals surface area contributed by atoms with Crippen LogP contribution in [0.25, 0.3) is 0 Å². The van der Waals surface area contributed by atoms with Crippen molar-refractivity contribution in [2.45, 2.75) is 38.5 Å². The van der Waals surface area contributed by atoms with E-state index in [1.54, 1.807) is 11.3 Å². The molecule has 1 heterocycles. The van der Waals surface area contributed by atoms with Crippen LogP contribution < -0.4 is 5.32 Å². The van der Waals surface area contributed by atoms with Gasteiger partial charge >= 0.3 is 0 Å². The molecule has 0 aromatic carbocycles. The maximum atomic E-state index is 11.5. The van der Waals surface area contributed by atoms with E-state index in [4.69, 9.17) is 5.11 Å². The quantitative estimate of drug-likeness (QED) is 0.665. The third kappa shape index (κ3) is 7.13. The summed E-state index contributed by atoms with van der Waals surface area (Å²) < 4.78 is 0. The van der Waals surface area contributed by atoms with Crippen LogP contribution in [0.2, 0.25) is 0 Å². The van der Waals surface area contributed by atoms with Gasteiger partial charge < -0.3 is 10.4 Å². The second-order valence-electron chi connectivity index (χ2n) is 4.07. The molecule has 0 aliphatic heterocycles. The van der Waals surface area contributed by atoms with Crippen molar-refractivity contribution in [1.29, 1.82) is 0 Å². The fraction of sp³-hybridized carbons (Fsp3) is 0.615. The SMILES string of the molecule is O=C(CCc1cccs1)NCCCCCCO. The number of aliphatic hydroxyl groups excluding tert-OH is 1. The van der Waals surface area contributed by atoms with Crippen molar-refractivity contribution >= 4 is 17.2 Å². The molecule has 0 unspecified atom stereocenters.